The first-order valence-electron chi connectivity index (χ1n) is 6.34. The van der Waals surface area contributed by atoms with E-state index >= 15 is 0 Å². The molecule has 1 heterocycles. The molecule has 0 unspecified atom stereocenters. The van der Waals surface area contributed by atoms with Gasteiger partial charge in [0.1, 0.15) is 5.82 Å². The summed E-state index contributed by atoms with van der Waals surface area (Å²) in [4.78, 5) is 4.25. The molecule has 1 fully saturated rings. The minimum atomic E-state index is 1.02. The van der Waals surface area contributed by atoms with E-state index in [0.29, 0.717) is 0 Å². The van der Waals surface area contributed by atoms with Crippen molar-refractivity contribution in [3.05, 3.63) is 18.2 Å². The van der Waals surface area contributed by atoms with E-state index in [0.717, 1.165) is 18.3 Å². The number of hydrogen-bond acceptors (Lipinski definition) is 1. The van der Waals surface area contributed by atoms with Crippen LogP contribution >= 0.6 is 0 Å². The van der Waals surface area contributed by atoms with Crippen LogP contribution in [0.4, 0.5) is 0 Å². The minimum Gasteiger partial charge on any atom is -0.335 e. The minimum absolute atomic E-state index is 1.02. The second kappa shape index (κ2) is 5.34. The van der Waals surface area contributed by atoms with Gasteiger partial charge in [-0.1, -0.05) is 32.1 Å². The van der Waals surface area contributed by atoms with Gasteiger partial charge in [0.15, 0.2) is 0 Å². The Kier molecular flexibility index (Phi) is 3.81. The molecule has 2 nitrogen and oxygen atoms in total. The second-order valence-corrected chi connectivity index (χ2v) is 4.81. The van der Waals surface area contributed by atoms with E-state index < -0.39 is 0 Å². The van der Waals surface area contributed by atoms with E-state index in [9.17, 15) is 0 Å². The van der Waals surface area contributed by atoms with Crippen molar-refractivity contribution in [1.82, 2.24) is 9.55 Å². The standard InChI is InChI=1S/C13H22N2/c1-12-14-9-11-15(12)10-5-8-13-6-3-2-4-7-13/h9,11,13H,2-8,10H2,1H3. The van der Waals surface area contributed by atoms with Crippen LogP contribution < -0.4 is 0 Å². The quantitative estimate of drug-likeness (QED) is 0.736. The molecule has 0 atom stereocenters. The van der Waals surface area contributed by atoms with Gasteiger partial charge in [-0.2, -0.15) is 0 Å². The monoisotopic (exact) mass is 206 g/mol. The Hall–Kier alpha value is -0.790. The molecule has 2 rings (SSSR count). The van der Waals surface area contributed by atoms with Gasteiger partial charge in [0.25, 0.3) is 0 Å². The van der Waals surface area contributed by atoms with Gasteiger partial charge < -0.3 is 4.57 Å². The van der Waals surface area contributed by atoms with Crippen LogP contribution in [-0.4, -0.2) is 9.55 Å². The van der Waals surface area contributed by atoms with Crippen LogP contribution in [0.1, 0.15) is 50.8 Å². The first-order valence-corrected chi connectivity index (χ1v) is 6.34. The highest BCUT2D eigenvalue weighted by Crippen LogP contribution is 2.27. The highest BCUT2D eigenvalue weighted by atomic mass is 15.0. The average molecular weight is 206 g/mol. The van der Waals surface area contributed by atoms with Gasteiger partial charge in [0, 0.05) is 18.9 Å². The van der Waals surface area contributed by atoms with Gasteiger partial charge in [0.05, 0.1) is 0 Å². The van der Waals surface area contributed by atoms with E-state index in [1.165, 1.54) is 44.9 Å². The van der Waals surface area contributed by atoms with Crippen molar-refractivity contribution < 1.29 is 0 Å². The number of aryl methyl sites for hydroxylation is 2. The molecular weight excluding hydrogens is 184 g/mol. The van der Waals surface area contributed by atoms with Crippen LogP contribution in [-0.2, 0) is 6.54 Å². The Morgan fingerprint density at radius 2 is 2.13 bits per heavy atom. The molecular formula is C13H22N2. The van der Waals surface area contributed by atoms with Gasteiger partial charge in [-0.25, -0.2) is 4.98 Å². The fraction of sp³-hybridized carbons (Fsp3) is 0.769. The highest BCUT2D eigenvalue weighted by Gasteiger charge is 2.12. The van der Waals surface area contributed by atoms with Crippen molar-refractivity contribution in [3.8, 4) is 0 Å². The normalized spacial score (nSPS) is 18.2. The molecule has 0 radical (unpaired) electrons. The van der Waals surface area contributed by atoms with Crippen molar-refractivity contribution >= 4 is 0 Å². The number of hydrogen-bond donors (Lipinski definition) is 0. The van der Waals surface area contributed by atoms with E-state index in [1.54, 1.807) is 0 Å². The van der Waals surface area contributed by atoms with Gasteiger partial charge in [-0.15, -0.1) is 0 Å². The zero-order chi connectivity index (χ0) is 10.5. The molecule has 0 N–H and O–H groups in total. The lowest BCUT2D eigenvalue weighted by Gasteiger charge is -2.21. The lowest BCUT2D eigenvalue weighted by Crippen LogP contribution is -2.08. The van der Waals surface area contributed by atoms with E-state index in [4.69, 9.17) is 0 Å². The molecule has 1 aromatic heterocycles. The Balaban J connectivity index is 1.68. The van der Waals surface area contributed by atoms with Crippen molar-refractivity contribution in [2.24, 2.45) is 5.92 Å². The van der Waals surface area contributed by atoms with Crippen LogP contribution in [0.5, 0.6) is 0 Å². The molecule has 1 aliphatic rings. The summed E-state index contributed by atoms with van der Waals surface area (Å²) in [6, 6.07) is 0. The second-order valence-electron chi connectivity index (χ2n) is 4.81. The Labute approximate surface area is 92.7 Å². The lowest BCUT2D eigenvalue weighted by atomic mass is 9.86. The van der Waals surface area contributed by atoms with E-state index in [-0.39, 0.29) is 0 Å². The SMILES string of the molecule is Cc1nccn1CCCC1CCCCC1. The molecule has 1 aromatic rings. The van der Waals surface area contributed by atoms with Crippen LogP contribution in [0, 0.1) is 12.8 Å². The zero-order valence-corrected chi connectivity index (χ0v) is 9.78. The molecule has 1 saturated carbocycles. The van der Waals surface area contributed by atoms with Gasteiger partial charge in [-0.3, -0.25) is 0 Å². The van der Waals surface area contributed by atoms with Crippen LogP contribution in [0.15, 0.2) is 12.4 Å². The third kappa shape index (κ3) is 3.08. The largest absolute Gasteiger partial charge is 0.335 e. The third-order valence-corrected chi connectivity index (χ3v) is 3.66. The molecule has 1 aliphatic carbocycles. The summed E-state index contributed by atoms with van der Waals surface area (Å²) in [7, 11) is 0. The number of nitrogens with zero attached hydrogens (tertiary/aromatic N) is 2. The fourth-order valence-corrected chi connectivity index (χ4v) is 2.67. The molecule has 84 valence electrons. The van der Waals surface area contributed by atoms with Gasteiger partial charge in [0.2, 0.25) is 0 Å². The molecule has 0 aromatic carbocycles. The molecule has 0 aliphatic heterocycles. The van der Waals surface area contributed by atoms with Crippen LogP contribution in [0.25, 0.3) is 0 Å². The van der Waals surface area contributed by atoms with Crippen molar-refractivity contribution in [1.29, 1.82) is 0 Å². The zero-order valence-electron chi connectivity index (χ0n) is 9.78. The van der Waals surface area contributed by atoms with Crippen molar-refractivity contribution in [2.75, 3.05) is 0 Å². The molecule has 2 heteroatoms. The van der Waals surface area contributed by atoms with Gasteiger partial charge >= 0.3 is 0 Å². The number of rotatable bonds is 4. The topological polar surface area (TPSA) is 17.8 Å². The molecule has 15 heavy (non-hydrogen) atoms. The first-order chi connectivity index (χ1) is 7.36. The maximum Gasteiger partial charge on any atom is 0.105 e. The summed E-state index contributed by atoms with van der Waals surface area (Å²) in [6.45, 7) is 3.24. The maximum atomic E-state index is 4.25. The van der Waals surface area contributed by atoms with E-state index in [2.05, 4.69) is 22.7 Å². The van der Waals surface area contributed by atoms with Gasteiger partial charge in [-0.05, 0) is 25.7 Å². The Morgan fingerprint density at radius 3 is 2.80 bits per heavy atom. The first kappa shape index (κ1) is 10.7. The smallest absolute Gasteiger partial charge is 0.105 e. The molecule has 0 saturated heterocycles. The molecule has 0 amide bonds. The van der Waals surface area contributed by atoms with Crippen molar-refractivity contribution in [2.45, 2.75) is 58.4 Å². The number of aromatic nitrogens is 2. The maximum absolute atomic E-state index is 4.25. The van der Waals surface area contributed by atoms with E-state index in [1.807, 2.05) is 6.20 Å². The summed E-state index contributed by atoms with van der Waals surface area (Å²) >= 11 is 0. The summed E-state index contributed by atoms with van der Waals surface area (Å²) in [5, 5.41) is 0. The highest BCUT2D eigenvalue weighted by molar-refractivity contribution is 4.88. The fourth-order valence-electron chi connectivity index (χ4n) is 2.67. The summed E-state index contributed by atoms with van der Waals surface area (Å²) in [5.41, 5.74) is 0. The predicted molar refractivity (Wildman–Crippen MR) is 62.8 cm³/mol. The third-order valence-electron chi connectivity index (χ3n) is 3.66. The van der Waals surface area contributed by atoms with Crippen LogP contribution in [0.2, 0.25) is 0 Å². The van der Waals surface area contributed by atoms with Crippen LogP contribution in [0.3, 0.4) is 0 Å². The summed E-state index contributed by atoms with van der Waals surface area (Å²) in [5.74, 6) is 2.17. The summed E-state index contributed by atoms with van der Waals surface area (Å²) < 4.78 is 2.27. The molecule has 0 spiro atoms. The predicted octanol–water partition coefficient (Wildman–Crippen LogP) is 3.55. The average Bonchev–Trinajstić information content (AvgIpc) is 2.66. The Morgan fingerprint density at radius 1 is 1.33 bits per heavy atom. The lowest BCUT2D eigenvalue weighted by molar-refractivity contribution is 0.326. The number of imidazole rings is 1. The molecule has 0 bridgehead atoms. The summed E-state index contributed by atoms with van der Waals surface area (Å²) in [6.07, 6.45) is 14.1. The Bertz CT molecular complexity index is 284. The van der Waals surface area contributed by atoms with Crippen molar-refractivity contribution in [3.63, 3.8) is 0 Å².